The third-order valence-corrected chi connectivity index (χ3v) is 4.43. The summed E-state index contributed by atoms with van der Waals surface area (Å²) < 4.78 is 6.17. The van der Waals surface area contributed by atoms with Crippen LogP contribution in [0, 0.1) is 6.92 Å². The number of anilines is 1. The first-order valence-electron chi connectivity index (χ1n) is 7.62. The van der Waals surface area contributed by atoms with Crippen LogP contribution in [0.2, 0.25) is 0 Å². The zero-order chi connectivity index (χ0) is 16.5. The van der Waals surface area contributed by atoms with Gasteiger partial charge in [-0.2, -0.15) is 4.98 Å². The number of hydrogen-bond donors (Lipinski definition) is 1. The Morgan fingerprint density at radius 2 is 1.83 bits per heavy atom. The molecule has 1 N–H and O–H groups in total. The molecule has 0 saturated heterocycles. The molecule has 0 unspecified atom stereocenters. The molecule has 120 valence electrons. The Morgan fingerprint density at radius 1 is 1.04 bits per heavy atom. The van der Waals surface area contributed by atoms with Crippen LogP contribution < -0.4 is 10.1 Å². The zero-order valence-corrected chi connectivity index (χ0v) is 14.2. The quantitative estimate of drug-likeness (QED) is 0.712. The number of ether oxygens (including phenoxy) is 1. The van der Waals surface area contributed by atoms with Gasteiger partial charge in [-0.15, -0.1) is 10.2 Å². The van der Waals surface area contributed by atoms with Crippen molar-refractivity contribution in [1.82, 2.24) is 15.2 Å². The van der Waals surface area contributed by atoms with E-state index in [4.69, 9.17) is 4.74 Å². The summed E-state index contributed by atoms with van der Waals surface area (Å²) >= 11 is 1.44. The van der Waals surface area contributed by atoms with Crippen molar-refractivity contribution < 1.29 is 4.74 Å². The van der Waals surface area contributed by atoms with Crippen LogP contribution in [-0.2, 0) is 0 Å². The fourth-order valence-electron chi connectivity index (χ4n) is 2.63. The number of aryl methyl sites for hydroxylation is 1. The molecule has 2 heterocycles. The number of nitrogens with zero attached hydrogens (tertiary/aromatic N) is 3. The van der Waals surface area contributed by atoms with Gasteiger partial charge in [0.1, 0.15) is 0 Å². The summed E-state index contributed by atoms with van der Waals surface area (Å²) in [5.74, 6) is 0.498. The summed E-state index contributed by atoms with van der Waals surface area (Å²) in [5.41, 5.74) is 4.80. The van der Waals surface area contributed by atoms with Crippen molar-refractivity contribution in [3.63, 3.8) is 0 Å². The van der Waals surface area contributed by atoms with E-state index in [1.807, 2.05) is 30.5 Å². The second-order valence-electron chi connectivity index (χ2n) is 5.55. The first-order chi connectivity index (χ1) is 11.7. The molecular weight excluding hydrogens is 320 g/mol. The highest BCUT2D eigenvalue weighted by Crippen LogP contribution is 2.39. The summed E-state index contributed by atoms with van der Waals surface area (Å²) in [4.78, 5) is 4.51. The van der Waals surface area contributed by atoms with Crippen molar-refractivity contribution >= 4 is 17.4 Å². The molecule has 0 amide bonds. The van der Waals surface area contributed by atoms with Gasteiger partial charge in [-0.25, -0.2) is 0 Å². The molecule has 3 aromatic rings. The largest absolute Gasteiger partial charge is 0.448 e. The lowest BCUT2D eigenvalue weighted by Gasteiger charge is -2.19. The van der Waals surface area contributed by atoms with Crippen molar-refractivity contribution in [2.45, 2.75) is 18.3 Å². The van der Waals surface area contributed by atoms with Gasteiger partial charge in [-0.05, 0) is 19.2 Å². The molecule has 6 heteroatoms. The van der Waals surface area contributed by atoms with Crippen molar-refractivity contribution in [3.8, 4) is 17.1 Å². The molecule has 0 bridgehead atoms. The van der Waals surface area contributed by atoms with Crippen LogP contribution in [0.4, 0.5) is 5.69 Å². The van der Waals surface area contributed by atoms with Crippen LogP contribution in [0.3, 0.4) is 0 Å². The topological polar surface area (TPSA) is 59.9 Å². The van der Waals surface area contributed by atoms with Crippen LogP contribution >= 0.6 is 11.8 Å². The predicted molar refractivity (Wildman–Crippen MR) is 95.2 cm³/mol. The van der Waals surface area contributed by atoms with E-state index < -0.39 is 0 Å². The Bertz CT molecular complexity index is 882. The van der Waals surface area contributed by atoms with Gasteiger partial charge in [0.05, 0.1) is 0 Å². The summed E-state index contributed by atoms with van der Waals surface area (Å²) in [5, 5.41) is 12.5. The Labute approximate surface area is 144 Å². The van der Waals surface area contributed by atoms with Gasteiger partial charge in [0.15, 0.2) is 11.9 Å². The van der Waals surface area contributed by atoms with Gasteiger partial charge in [-0.1, -0.05) is 59.8 Å². The minimum atomic E-state index is -0.334. The molecule has 1 aliphatic rings. The number of hydrogen-bond acceptors (Lipinski definition) is 6. The maximum atomic E-state index is 6.17. The third-order valence-electron chi connectivity index (χ3n) is 3.90. The predicted octanol–water partition coefficient (Wildman–Crippen LogP) is 4.07. The number of fused-ring (bicyclic) bond motifs is 3. The lowest BCUT2D eigenvalue weighted by atomic mass is 10.1. The number of rotatable bonds is 2. The molecule has 0 saturated carbocycles. The smallest absolute Gasteiger partial charge is 0.247 e. The lowest BCUT2D eigenvalue weighted by Crippen LogP contribution is -2.17. The number of benzene rings is 2. The minimum absolute atomic E-state index is 0.334. The average molecular weight is 336 g/mol. The van der Waals surface area contributed by atoms with Gasteiger partial charge in [0.25, 0.3) is 0 Å². The van der Waals surface area contributed by atoms with Crippen LogP contribution in [-0.4, -0.2) is 21.4 Å². The van der Waals surface area contributed by atoms with E-state index in [-0.39, 0.29) is 6.23 Å². The molecular formula is C18H16N4OS. The normalized spacial score (nSPS) is 15.5. The molecule has 2 aromatic carbocycles. The number of nitrogens with one attached hydrogen (secondary N) is 1. The van der Waals surface area contributed by atoms with E-state index in [2.05, 4.69) is 51.7 Å². The average Bonchev–Trinajstić information content (AvgIpc) is 2.78. The highest BCUT2D eigenvalue weighted by Gasteiger charge is 2.25. The van der Waals surface area contributed by atoms with Crippen LogP contribution in [0.25, 0.3) is 11.3 Å². The molecule has 1 aliphatic heterocycles. The molecule has 0 aliphatic carbocycles. The van der Waals surface area contributed by atoms with E-state index in [1.165, 1.54) is 17.3 Å². The highest BCUT2D eigenvalue weighted by atomic mass is 32.2. The summed E-state index contributed by atoms with van der Waals surface area (Å²) in [6.45, 7) is 2.07. The zero-order valence-electron chi connectivity index (χ0n) is 13.4. The van der Waals surface area contributed by atoms with Gasteiger partial charge in [0.2, 0.25) is 11.0 Å². The Morgan fingerprint density at radius 3 is 2.62 bits per heavy atom. The molecule has 24 heavy (non-hydrogen) atoms. The molecule has 5 nitrogen and oxygen atoms in total. The number of aromatic nitrogens is 3. The molecule has 1 aromatic heterocycles. The van der Waals surface area contributed by atoms with Crippen molar-refractivity contribution in [1.29, 1.82) is 0 Å². The standard InChI is InChI=1S/C18H16N4OS/c1-11-7-9-12(10-8-11)16-19-14-6-4-3-5-13(14)15-17(23-16)20-18(24-2)22-21-15/h3-10,16,19H,1-2H3/t16-/m1/s1. The third kappa shape index (κ3) is 2.69. The fourth-order valence-corrected chi connectivity index (χ4v) is 2.92. The minimum Gasteiger partial charge on any atom is -0.448 e. The highest BCUT2D eigenvalue weighted by molar-refractivity contribution is 7.98. The lowest BCUT2D eigenvalue weighted by molar-refractivity contribution is 0.225. The Kier molecular flexibility index (Phi) is 3.82. The molecule has 0 radical (unpaired) electrons. The first kappa shape index (κ1) is 15.0. The van der Waals surface area contributed by atoms with Crippen molar-refractivity contribution in [2.75, 3.05) is 11.6 Å². The van der Waals surface area contributed by atoms with Gasteiger partial charge >= 0.3 is 0 Å². The van der Waals surface area contributed by atoms with E-state index in [0.29, 0.717) is 16.7 Å². The second kappa shape index (κ2) is 6.13. The van der Waals surface area contributed by atoms with E-state index in [1.54, 1.807) is 0 Å². The van der Waals surface area contributed by atoms with Crippen LogP contribution in [0.5, 0.6) is 5.88 Å². The fraction of sp³-hybridized carbons (Fsp3) is 0.167. The molecule has 4 rings (SSSR count). The monoisotopic (exact) mass is 336 g/mol. The van der Waals surface area contributed by atoms with E-state index in [9.17, 15) is 0 Å². The molecule has 0 fully saturated rings. The summed E-state index contributed by atoms with van der Waals surface area (Å²) in [6.07, 6.45) is 1.59. The maximum Gasteiger partial charge on any atom is 0.247 e. The van der Waals surface area contributed by atoms with Crippen LogP contribution in [0.1, 0.15) is 17.4 Å². The number of thioether (sulfide) groups is 1. The number of para-hydroxylation sites is 1. The Hall–Kier alpha value is -2.60. The summed E-state index contributed by atoms with van der Waals surface area (Å²) in [7, 11) is 0. The van der Waals surface area contributed by atoms with Gasteiger partial charge in [-0.3, -0.25) is 0 Å². The summed E-state index contributed by atoms with van der Waals surface area (Å²) in [6, 6.07) is 16.2. The Balaban J connectivity index is 1.85. The van der Waals surface area contributed by atoms with Crippen molar-refractivity contribution in [3.05, 3.63) is 59.7 Å². The maximum absolute atomic E-state index is 6.17. The van der Waals surface area contributed by atoms with Crippen molar-refractivity contribution in [2.24, 2.45) is 0 Å². The van der Waals surface area contributed by atoms with E-state index >= 15 is 0 Å². The van der Waals surface area contributed by atoms with E-state index in [0.717, 1.165) is 16.8 Å². The first-order valence-corrected chi connectivity index (χ1v) is 8.85. The SMILES string of the molecule is CSc1nnc2c(n1)O[C@H](c1ccc(C)cc1)Nc1ccccc1-2. The van der Waals surface area contributed by atoms with Crippen LogP contribution in [0.15, 0.2) is 53.7 Å². The second-order valence-corrected chi connectivity index (χ2v) is 6.32. The van der Waals surface area contributed by atoms with Gasteiger partial charge in [0, 0.05) is 16.8 Å². The molecule has 0 spiro atoms. The molecule has 1 atom stereocenters. The van der Waals surface area contributed by atoms with Gasteiger partial charge < -0.3 is 10.1 Å².